The summed E-state index contributed by atoms with van der Waals surface area (Å²) in [5.74, 6) is 0.945. The molecule has 0 bridgehead atoms. The van der Waals surface area contributed by atoms with Gasteiger partial charge in [0.2, 0.25) is 5.91 Å². The highest BCUT2D eigenvalue weighted by atomic mass is 32.2. The lowest BCUT2D eigenvalue weighted by Gasteiger charge is -2.10. The van der Waals surface area contributed by atoms with Gasteiger partial charge in [-0.2, -0.15) is 0 Å². The molecule has 0 saturated heterocycles. The van der Waals surface area contributed by atoms with Gasteiger partial charge >= 0.3 is 0 Å². The maximum absolute atomic E-state index is 12.3. The average molecular weight is 348 g/mol. The summed E-state index contributed by atoms with van der Waals surface area (Å²) in [4.78, 5) is 23.1. The third kappa shape index (κ3) is 3.53. The summed E-state index contributed by atoms with van der Waals surface area (Å²) < 4.78 is 4.95. The van der Waals surface area contributed by atoms with Crippen LogP contribution in [-0.4, -0.2) is 26.3 Å². The quantitative estimate of drug-likeness (QED) is 0.560. The zero-order chi connectivity index (χ0) is 16.4. The minimum atomic E-state index is -0.310. The molecular weight excluding hydrogens is 332 g/mol. The first-order valence-electron chi connectivity index (χ1n) is 7.21. The van der Waals surface area contributed by atoms with Crippen LogP contribution in [0.15, 0.2) is 28.0 Å². The summed E-state index contributed by atoms with van der Waals surface area (Å²) in [5.41, 5.74) is 0. The van der Waals surface area contributed by atoms with Crippen LogP contribution in [0.5, 0.6) is 0 Å². The Morgan fingerprint density at radius 1 is 1.43 bits per heavy atom. The van der Waals surface area contributed by atoms with E-state index in [1.165, 1.54) is 16.6 Å². The molecule has 0 aliphatic heterocycles. The van der Waals surface area contributed by atoms with Crippen molar-refractivity contribution in [2.75, 3.05) is 5.32 Å². The summed E-state index contributed by atoms with van der Waals surface area (Å²) in [7, 11) is 0. The molecule has 3 heterocycles. The molecular formula is C15H16N4O2S2. The SMILES string of the molecule is CCc1cc2c(S[C@@H](C)C(=O)Nc3cc(C)on3)ncnc2s1. The predicted octanol–water partition coefficient (Wildman–Crippen LogP) is 3.67. The molecule has 120 valence electrons. The Balaban J connectivity index is 1.75. The van der Waals surface area contributed by atoms with Crippen molar-refractivity contribution in [3.63, 3.8) is 0 Å². The smallest absolute Gasteiger partial charge is 0.238 e. The Morgan fingerprint density at radius 3 is 2.96 bits per heavy atom. The number of anilines is 1. The third-order valence-corrected chi connectivity index (χ3v) is 5.53. The van der Waals surface area contributed by atoms with E-state index < -0.39 is 0 Å². The molecule has 0 saturated carbocycles. The Labute approximate surface area is 141 Å². The summed E-state index contributed by atoms with van der Waals surface area (Å²) in [6.45, 7) is 5.73. The normalized spacial score (nSPS) is 12.5. The predicted molar refractivity (Wildman–Crippen MR) is 92.0 cm³/mol. The molecule has 0 unspecified atom stereocenters. The number of carbonyl (C=O) groups excluding carboxylic acids is 1. The van der Waals surface area contributed by atoms with Gasteiger partial charge in [-0.1, -0.05) is 23.8 Å². The summed E-state index contributed by atoms with van der Waals surface area (Å²) in [6, 6.07) is 3.79. The number of thiophene rings is 1. The monoisotopic (exact) mass is 348 g/mol. The number of thioether (sulfide) groups is 1. The second-order valence-corrected chi connectivity index (χ2v) is 7.48. The number of rotatable bonds is 5. The fourth-order valence-electron chi connectivity index (χ4n) is 2.03. The molecule has 3 rings (SSSR count). The first kappa shape index (κ1) is 15.9. The van der Waals surface area contributed by atoms with E-state index in [1.807, 2.05) is 6.92 Å². The van der Waals surface area contributed by atoms with Crippen LogP contribution in [0.2, 0.25) is 0 Å². The minimum absolute atomic E-state index is 0.138. The van der Waals surface area contributed by atoms with Crippen LogP contribution in [0.4, 0.5) is 5.82 Å². The van der Waals surface area contributed by atoms with E-state index in [4.69, 9.17) is 4.52 Å². The van der Waals surface area contributed by atoms with Crippen LogP contribution in [0.1, 0.15) is 24.5 Å². The Bertz CT molecular complexity index is 843. The van der Waals surface area contributed by atoms with E-state index in [9.17, 15) is 4.79 Å². The van der Waals surface area contributed by atoms with Gasteiger partial charge < -0.3 is 9.84 Å². The lowest BCUT2D eigenvalue weighted by Crippen LogP contribution is -2.22. The van der Waals surface area contributed by atoms with Crippen molar-refractivity contribution >= 4 is 45.0 Å². The summed E-state index contributed by atoms with van der Waals surface area (Å²) in [6.07, 6.45) is 2.51. The van der Waals surface area contributed by atoms with Crippen LogP contribution in [0.25, 0.3) is 10.2 Å². The van der Waals surface area contributed by atoms with E-state index in [0.717, 1.165) is 21.7 Å². The maximum atomic E-state index is 12.3. The number of hydrogen-bond donors (Lipinski definition) is 1. The Morgan fingerprint density at radius 2 is 2.26 bits per heavy atom. The highest BCUT2D eigenvalue weighted by Crippen LogP contribution is 2.33. The molecule has 6 nitrogen and oxygen atoms in total. The first-order chi connectivity index (χ1) is 11.1. The third-order valence-electron chi connectivity index (χ3n) is 3.23. The number of hydrogen-bond acceptors (Lipinski definition) is 7. The molecule has 0 aliphatic rings. The Kier molecular flexibility index (Phi) is 4.63. The number of nitrogens with one attached hydrogen (secondary N) is 1. The van der Waals surface area contributed by atoms with Crippen molar-refractivity contribution in [3.8, 4) is 0 Å². The molecule has 23 heavy (non-hydrogen) atoms. The Hall–Kier alpha value is -1.93. The van der Waals surface area contributed by atoms with E-state index >= 15 is 0 Å². The molecule has 3 aromatic rings. The van der Waals surface area contributed by atoms with Crippen LogP contribution in [0.3, 0.4) is 0 Å². The molecule has 1 amide bonds. The largest absolute Gasteiger partial charge is 0.360 e. The van der Waals surface area contributed by atoms with E-state index in [-0.39, 0.29) is 11.2 Å². The van der Waals surface area contributed by atoms with Gasteiger partial charge in [-0.3, -0.25) is 4.79 Å². The van der Waals surface area contributed by atoms with Gasteiger partial charge in [-0.15, -0.1) is 11.3 Å². The number of fused-ring (bicyclic) bond motifs is 1. The second-order valence-electron chi connectivity index (χ2n) is 5.04. The fourth-order valence-corrected chi connectivity index (χ4v) is 3.92. The van der Waals surface area contributed by atoms with Crippen LogP contribution in [-0.2, 0) is 11.2 Å². The number of aromatic nitrogens is 3. The number of carbonyl (C=O) groups is 1. The number of nitrogens with zero attached hydrogens (tertiary/aromatic N) is 3. The number of amides is 1. The van der Waals surface area contributed by atoms with Crippen molar-refractivity contribution in [1.29, 1.82) is 0 Å². The van der Waals surface area contributed by atoms with Gasteiger partial charge in [-0.05, 0) is 26.3 Å². The van der Waals surface area contributed by atoms with Gasteiger partial charge in [0.15, 0.2) is 5.82 Å². The molecule has 1 atom stereocenters. The lowest BCUT2D eigenvalue weighted by atomic mass is 10.3. The van der Waals surface area contributed by atoms with E-state index in [2.05, 4.69) is 33.4 Å². The second kappa shape index (κ2) is 6.67. The summed E-state index contributed by atoms with van der Waals surface area (Å²) in [5, 5.41) is 8.04. The van der Waals surface area contributed by atoms with Gasteiger partial charge in [0.05, 0.1) is 5.25 Å². The van der Waals surface area contributed by atoms with Crippen LogP contribution >= 0.6 is 23.1 Å². The number of aryl methyl sites for hydroxylation is 2. The highest BCUT2D eigenvalue weighted by molar-refractivity contribution is 8.00. The fraction of sp³-hybridized carbons (Fsp3) is 0.333. The van der Waals surface area contributed by atoms with Crippen molar-refractivity contribution in [1.82, 2.24) is 15.1 Å². The van der Waals surface area contributed by atoms with Crippen molar-refractivity contribution < 1.29 is 9.32 Å². The highest BCUT2D eigenvalue weighted by Gasteiger charge is 2.19. The topological polar surface area (TPSA) is 80.9 Å². The summed E-state index contributed by atoms with van der Waals surface area (Å²) >= 11 is 3.08. The maximum Gasteiger partial charge on any atom is 0.238 e. The first-order valence-corrected chi connectivity index (χ1v) is 8.90. The molecule has 0 aromatic carbocycles. The van der Waals surface area contributed by atoms with Gasteiger partial charge in [0.25, 0.3) is 0 Å². The molecule has 1 N–H and O–H groups in total. The van der Waals surface area contributed by atoms with Crippen LogP contribution in [0, 0.1) is 6.92 Å². The van der Waals surface area contributed by atoms with Gasteiger partial charge in [-0.25, -0.2) is 9.97 Å². The van der Waals surface area contributed by atoms with Crippen molar-refractivity contribution in [2.24, 2.45) is 0 Å². The molecule has 3 aromatic heterocycles. The van der Waals surface area contributed by atoms with E-state index in [0.29, 0.717) is 11.6 Å². The standard InChI is InChI=1S/C15H16N4O2S2/c1-4-10-6-11-14(16-7-17-15(11)23-10)22-9(3)13(20)18-12-5-8(2)21-19-12/h5-7,9H,4H2,1-3H3,(H,18,19,20)/t9-/m0/s1. The lowest BCUT2D eigenvalue weighted by molar-refractivity contribution is -0.115. The van der Waals surface area contributed by atoms with Crippen molar-refractivity contribution in [3.05, 3.63) is 29.1 Å². The molecule has 0 radical (unpaired) electrons. The van der Waals surface area contributed by atoms with Gasteiger partial charge in [0, 0.05) is 16.3 Å². The van der Waals surface area contributed by atoms with Gasteiger partial charge in [0.1, 0.15) is 21.9 Å². The van der Waals surface area contributed by atoms with E-state index in [1.54, 1.807) is 30.7 Å². The van der Waals surface area contributed by atoms with Crippen molar-refractivity contribution in [2.45, 2.75) is 37.5 Å². The zero-order valence-corrected chi connectivity index (χ0v) is 14.6. The molecule has 0 aliphatic carbocycles. The molecule has 0 fully saturated rings. The zero-order valence-electron chi connectivity index (χ0n) is 13.0. The van der Waals surface area contributed by atoms with Crippen LogP contribution < -0.4 is 5.32 Å². The minimum Gasteiger partial charge on any atom is -0.360 e. The average Bonchev–Trinajstić information content (AvgIpc) is 3.13. The molecule has 8 heteroatoms. The molecule has 0 spiro atoms.